The van der Waals surface area contributed by atoms with Gasteiger partial charge in [0.05, 0.1) is 11.5 Å². The SMILES string of the molecule is O=C(NO)c1ccc2c(c1)CN(S(=O)(=O)c1ccccc1)CCCO2. The average Bonchev–Trinajstić information content (AvgIpc) is 2.62. The molecule has 8 heteroatoms. The van der Waals surface area contributed by atoms with Crippen molar-refractivity contribution in [3.63, 3.8) is 0 Å². The van der Waals surface area contributed by atoms with E-state index in [9.17, 15) is 13.2 Å². The molecule has 0 fully saturated rings. The normalized spacial score (nSPS) is 15.4. The third kappa shape index (κ3) is 3.65. The van der Waals surface area contributed by atoms with E-state index >= 15 is 0 Å². The van der Waals surface area contributed by atoms with E-state index in [1.54, 1.807) is 41.9 Å². The predicted molar refractivity (Wildman–Crippen MR) is 89.8 cm³/mol. The second-order valence-electron chi connectivity index (χ2n) is 5.62. The van der Waals surface area contributed by atoms with Gasteiger partial charge in [0.2, 0.25) is 10.0 Å². The van der Waals surface area contributed by atoms with Crippen LogP contribution in [-0.2, 0) is 16.6 Å². The predicted octanol–water partition coefficient (Wildman–Crippen LogP) is 1.78. The number of fused-ring (bicyclic) bond motifs is 1. The summed E-state index contributed by atoms with van der Waals surface area (Å²) in [7, 11) is -3.66. The molecule has 1 heterocycles. The zero-order valence-electron chi connectivity index (χ0n) is 13.4. The average molecular weight is 362 g/mol. The Morgan fingerprint density at radius 2 is 1.92 bits per heavy atom. The molecular formula is C17H18N2O5S. The molecule has 0 saturated heterocycles. The van der Waals surface area contributed by atoms with Crippen molar-refractivity contribution in [2.75, 3.05) is 13.2 Å². The Morgan fingerprint density at radius 3 is 2.64 bits per heavy atom. The molecule has 2 aromatic carbocycles. The number of hydroxylamine groups is 1. The number of rotatable bonds is 3. The first-order chi connectivity index (χ1) is 12.0. The van der Waals surface area contributed by atoms with Crippen LogP contribution < -0.4 is 10.2 Å². The maximum Gasteiger partial charge on any atom is 0.274 e. The van der Waals surface area contributed by atoms with Gasteiger partial charge in [-0.1, -0.05) is 18.2 Å². The zero-order chi connectivity index (χ0) is 17.9. The fourth-order valence-electron chi connectivity index (χ4n) is 2.69. The van der Waals surface area contributed by atoms with E-state index in [1.807, 2.05) is 0 Å². The second kappa shape index (κ2) is 7.22. The minimum Gasteiger partial charge on any atom is -0.493 e. The summed E-state index contributed by atoms with van der Waals surface area (Å²) in [6.45, 7) is 0.769. The molecular weight excluding hydrogens is 344 g/mol. The molecule has 2 N–H and O–H groups in total. The maximum atomic E-state index is 12.9. The standard InChI is InChI=1S/C17H18N2O5S/c20-17(18-21)13-7-8-16-14(11-13)12-19(9-4-10-24-16)25(22,23)15-5-2-1-3-6-15/h1-3,5-8,11,21H,4,9-10,12H2,(H,18,20). The van der Waals surface area contributed by atoms with Crippen molar-refractivity contribution >= 4 is 15.9 Å². The van der Waals surface area contributed by atoms with E-state index in [4.69, 9.17) is 9.94 Å². The van der Waals surface area contributed by atoms with Crippen LogP contribution in [0.4, 0.5) is 0 Å². The first kappa shape index (κ1) is 17.4. The lowest BCUT2D eigenvalue weighted by Crippen LogP contribution is -2.34. The summed E-state index contributed by atoms with van der Waals surface area (Å²) in [6.07, 6.45) is 0.560. The number of carbonyl (C=O) groups excluding carboxylic acids is 1. The summed E-state index contributed by atoms with van der Waals surface area (Å²) in [5, 5.41) is 8.79. The Morgan fingerprint density at radius 1 is 1.16 bits per heavy atom. The highest BCUT2D eigenvalue weighted by Crippen LogP contribution is 2.27. The molecule has 0 bridgehead atoms. The maximum absolute atomic E-state index is 12.9. The highest BCUT2D eigenvalue weighted by Gasteiger charge is 2.27. The van der Waals surface area contributed by atoms with E-state index in [-0.39, 0.29) is 17.0 Å². The molecule has 0 aromatic heterocycles. The van der Waals surface area contributed by atoms with Gasteiger partial charge in [0.1, 0.15) is 5.75 Å². The molecule has 0 spiro atoms. The zero-order valence-corrected chi connectivity index (χ0v) is 14.2. The van der Waals surface area contributed by atoms with Crippen molar-refractivity contribution in [1.82, 2.24) is 9.79 Å². The van der Waals surface area contributed by atoms with Crippen LogP contribution in [0.2, 0.25) is 0 Å². The molecule has 3 rings (SSSR count). The van der Waals surface area contributed by atoms with Gasteiger partial charge < -0.3 is 4.74 Å². The topological polar surface area (TPSA) is 95.9 Å². The minimum atomic E-state index is -3.66. The fourth-order valence-corrected chi connectivity index (χ4v) is 4.17. The molecule has 0 unspecified atom stereocenters. The van der Waals surface area contributed by atoms with Crippen LogP contribution >= 0.6 is 0 Å². The Kier molecular flexibility index (Phi) is 5.03. The number of sulfonamides is 1. The van der Waals surface area contributed by atoms with E-state index in [2.05, 4.69) is 0 Å². The molecule has 1 aliphatic rings. The van der Waals surface area contributed by atoms with Crippen molar-refractivity contribution in [1.29, 1.82) is 0 Å². The number of carbonyl (C=O) groups is 1. The van der Waals surface area contributed by atoms with Gasteiger partial charge >= 0.3 is 0 Å². The van der Waals surface area contributed by atoms with E-state index in [0.29, 0.717) is 30.9 Å². The third-order valence-corrected chi connectivity index (χ3v) is 5.82. The largest absolute Gasteiger partial charge is 0.493 e. The van der Waals surface area contributed by atoms with Gasteiger partial charge in [-0.05, 0) is 36.8 Å². The molecule has 1 aliphatic heterocycles. The highest BCUT2D eigenvalue weighted by atomic mass is 32.2. The van der Waals surface area contributed by atoms with Crippen LogP contribution in [-0.4, -0.2) is 37.0 Å². The Labute approximate surface area is 145 Å². The van der Waals surface area contributed by atoms with Crippen molar-refractivity contribution < 1.29 is 23.2 Å². The van der Waals surface area contributed by atoms with Gasteiger partial charge in [-0.25, -0.2) is 13.9 Å². The molecule has 0 aliphatic carbocycles. The number of nitrogens with zero attached hydrogens (tertiary/aromatic N) is 1. The number of nitrogens with one attached hydrogen (secondary N) is 1. The summed E-state index contributed by atoms with van der Waals surface area (Å²) < 4.78 is 32.8. The lowest BCUT2D eigenvalue weighted by Gasteiger charge is -2.26. The van der Waals surface area contributed by atoms with Crippen LogP contribution in [0.25, 0.3) is 0 Å². The van der Waals surface area contributed by atoms with Crippen LogP contribution in [0, 0.1) is 0 Å². The number of amides is 1. The third-order valence-electron chi connectivity index (χ3n) is 3.96. The summed E-state index contributed by atoms with van der Waals surface area (Å²) in [5.74, 6) is -0.134. The second-order valence-corrected chi connectivity index (χ2v) is 7.56. The van der Waals surface area contributed by atoms with E-state index < -0.39 is 15.9 Å². The van der Waals surface area contributed by atoms with Gasteiger partial charge in [0.25, 0.3) is 5.91 Å². The number of ether oxygens (including phenoxy) is 1. The van der Waals surface area contributed by atoms with Crippen LogP contribution in [0.3, 0.4) is 0 Å². The van der Waals surface area contributed by atoms with Crippen molar-refractivity contribution in [2.24, 2.45) is 0 Å². The van der Waals surface area contributed by atoms with Crippen molar-refractivity contribution in [3.8, 4) is 5.75 Å². The quantitative estimate of drug-likeness (QED) is 0.641. The summed E-state index contributed by atoms with van der Waals surface area (Å²) >= 11 is 0. The molecule has 25 heavy (non-hydrogen) atoms. The molecule has 2 aromatic rings. The molecule has 0 atom stereocenters. The van der Waals surface area contributed by atoms with Crippen LogP contribution in [0.15, 0.2) is 53.4 Å². The van der Waals surface area contributed by atoms with E-state index in [1.165, 1.54) is 16.4 Å². The first-order valence-corrected chi connectivity index (χ1v) is 9.22. The van der Waals surface area contributed by atoms with Gasteiger partial charge in [-0.2, -0.15) is 4.31 Å². The van der Waals surface area contributed by atoms with E-state index in [0.717, 1.165) is 0 Å². The molecule has 7 nitrogen and oxygen atoms in total. The smallest absolute Gasteiger partial charge is 0.274 e. The minimum absolute atomic E-state index is 0.0824. The Balaban J connectivity index is 1.98. The van der Waals surface area contributed by atoms with Gasteiger partial charge in [0, 0.05) is 24.2 Å². The van der Waals surface area contributed by atoms with Crippen LogP contribution in [0.1, 0.15) is 22.3 Å². The molecule has 0 radical (unpaired) electrons. The Bertz CT molecular complexity index is 868. The van der Waals surface area contributed by atoms with Crippen molar-refractivity contribution in [2.45, 2.75) is 17.9 Å². The highest BCUT2D eigenvalue weighted by molar-refractivity contribution is 7.89. The van der Waals surface area contributed by atoms with Gasteiger partial charge in [0.15, 0.2) is 0 Å². The van der Waals surface area contributed by atoms with Gasteiger partial charge in [-0.15, -0.1) is 0 Å². The number of benzene rings is 2. The number of hydrogen-bond donors (Lipinski definition) is 2. The lowest BCUT2D eigenvalue weighted by molar-refractivity contribution is 0.0706. The molecule has 1 amide bonds. The Hall–Kier alpha value is -2.42. The fraction of sp³-hybridized carbons (Fsp3) is 0.235. The summed E-state index contributed by atoms with van der Waals surface area (Å²) in [4.78, 5) is 11.8. The summed E-state index contributed by atoms with van der Waals surface area (Å²) in [6, 6.07) is 12.9. The summed E-state index contributed by atoms with van der Waals surface area (Å²) in [5.41, 5.74) is 2.37. The first-order valence-electron chi connectivity index (χ1n) is 7.78. The number of hydrogen-bond acceptors (Lipinski definition) is 5. The molecule has 132 valence electrons. The van der Waals surface area contributed by atoms with Gasteiger partial charge in [-0.3, -0.25) is 10.0 Å². The molecule has 0 saturated carbocycles. The monoisotopic (exact) mass is 362 g/mol. The lowest BCUT2D eigenvalue weighted by atomic mass is 10.1. The van der Waals surface area contributed by atoms with Crippen molar-refractivity contribution in [3.05, 3.63) is 59.7 Å². The van der Waals surface area contributed by atoms with Crippen LogP contribution in [0.5, 0.6) is 5.75 Å².